The summed E-state index contributed by atoms with van der Waals surface area (Å²) in [6.07, 6.45) is 0. The van der Waals surface area contributed by atoms with Gasteiger partial charge in [0.05, 0.1) is 23.9 Å². The summed E-state index contributed by atoms with van der Waals surface area (Å²) in [7, 11) is 1.60. The van der Waals surface area contributed by atoms with Crippen LogP contribution in [0.25, 0.3) is 11.1 Å². The molecule has 4 aromatic rings. The monoisotopic (exact) mass is 465 g/mol. The highest BCUT2D eigenvalue weighted by atomic mass is 32.2. The van der Waals surface area contributed by atoms with Gasteiger partial charge in [-0.3, -0.25) is 4.79 Å². The van der Waals surface area contributed by atoms with Crippen LogP contribution in [0.2, 0.25) is 0 Å². The maximum atomic E-state index is 13.4. The fraction of sp³-hybridized carbons (Fsp3) is 0.107. The lowest BCUT2D eigenvalue weighted by atomic mass is 9.94. The second kappa shape index (κ2) is 10.7. The van der Waals surface area contributed by atoms with Crippen molar-refractivity contribution in [1.82, 2.24) is 4.98 Å². The van der Waals surface area contributed by atoms with E-state index in [0.717, 1.165) is 11.1 Å². The molecule has 0 aliphatic rings. The second-order valence-electron chi connectivity index (χ2n) is 7.56. The Morgan fingerprint density at radius 1 is 1.00 bits per heavy atom. The highest BCUT2D eigenvalue weighted by Crippen LogP contribution is 2.37. The van der Waals surface area contributed by atoms with E-state index in [9.17, 15) is 10.1 Å². The SMILES string of the molecule is COc1ccc(-c2c(C#N)c(SCc3ccccc3)nc(C)c2C(=O)Nc2ccccc2)cc1. The van der Waals surface area contributed by atoms with Gasteiger partial charge in [-0.15, -0.1) is 11.8 Å². The van der Waals surface area contributed by atoms with E-state index in [1.54, 1.807) is 14.0 Å². The number of nitriles is 1. The number of benzene rings is 3. The third-order valence-electron chi connectivity index (χ3n) is 5.31. The molecule has 3 aromatic carbocycles. The number of ether oxygens (including phenoxy) is 1. The lowest BCUT2D eigenvalue weighted by molar-refractivity contribution is 0.102. The van der Waals surface area contributed by atoms with Crippen molar-refractivity contribution in [1.29, 1.82) is 5.26 Å². The average molecular weight is 466 g/mol. The molecule has 1 aromatic heterocycles. The molecule has 168 valence electrons. The first-order chi connectivity index (χ1) is 16.6. The van der Waals surface area contributed by atoms with E-state index in [0.29, 0.717) is 44.6 Å². The van der Waals surface area contributed by atoms with Gasteiger partial charge in [0.25, 0.3) is 5.91 Å². The Labute approximate surface area is 203 Å². The minimum atomic E-state index is -0.307. The number of thioether (sulfide) groups is 1. The van der Waals surface area contributed by atoms with Crippen molar-refractivity contribution in [2.75, 3.05) is 12.4 Å². The first kappa shape index (κ1) is 23.1. The predicted octanol–water partition coefficient (Wildman–Crippen LogP) is 6.48. The first-order valence-corrected chi connectivity index (χ1v) is 11.7. The molecule has 34 heavy (non-hydrogen) atoms. The van der Waals surface area contributed by atoms with Crippen LogP contribution in [0.15, 0.2) is 90.0 Å². The molecule has 0 aliphatic heterocycles. The number of hydrogen-bond donors (Lipinski definition) is 1. The summed E-state index contributed by atoms with van der Waals surface area (Å²) < 4.78 is 5.29. The summed E-state index contributed by atoms with van der Waals surface area (Å²) in [6.45, 7) is 1.81. The van der Waals surface area contributed by atoms with Crippen molar-refractivity contribution in [2.24, 2.45) is 0 Å². The molecule has 0 atom stereocenters. The number of hydrogen-bond acceptors (Lipinski definition) is 5. The molecule has 0 bridgehead atoms. The number of anilines is 1. The van der Waals surface area contributed by atoms with Crippen LogP contribution in [-0.4, -0.2) is 18.0 Å². The molecule has 0 spiro atoms. The summed E-state index contributed by atoms with van der Waals surface area (Å²) in [5.74, 6) is 1.06. The fourth-order valence-corrected chi connectivity index (χ4v) is 4.64. The summed E-state index contributed by atoms with van der Waals surface area (Å²) in [5, 5.41) is 13.7. The van der Waals surface area contributed by atoms with E-state index in [1.807, 2.05) is 84.9 Å². The molecule has 0 unspecified atom stereocenters. The Morgan fingerprint density at radius 2 is 1.65 bits per heavy atom. The molecule has 1 N–H and O–H groups in total. The molecule has 0 saturated heterocycles. The fourth-order valence-electron chi connectivity index (χ4n) is 3.65. The van der Waals surface area contributed by atoms with Crippen molar-refractivity contribution >= 4 is 23.4 Å². The number of aryl methyl sites for hydroxylation is 1. The zero-order chi connectivity index (χ0) is 23.9. The first-order valence-electron chi connectivity index (χ1n) is 10.7. The maximum absolute atomic E-state index is 13.4. The van der Waals surface area contributed by atoms with Crippen LogP contribution in [0.5, 0.6) is 5.75 Å². The highest BCUT2D eigenvalue weighted by molar-refractivity contribution is 7.98. The van der Waals surface area contributed by atoms with E-state index in [4.69, 9.17) is 9.72 Å². The van der Waals surface area contributed by atoms with Crippen molar-refractivity contribution in [3.05, 3.63) is 107 Å². The molecule has 5 nitrogen and oxygen atoms in total. The maximum Gasteiger partial charge on any atom is 0.258 e. The number of pyridine rings is 1. The van der Waals surface area contributed by atoms with Gasteiger partial charge in [-0.1, -0.05) is 60.7 Å². The average Bonchev–Trinajstić information content (AvgIpc) is 2.88. The molecular formula is C28H23N3O2S. The number of aromatic nitrogens is 1. The number of methoxy groups -OCH3 is 1. The van der Waals surface area contributed by atoms with E-state index in [2.05, 4.69) is 11.4 Å². The summed E-state index contributed by atoms with van der Waals surface area (Å²) in [6, 6.07) is 28.9. The van der Waals surface area contributed by atoms with Crippen LogP contribution < -0.4 is 10.1 Å². The van der Waals surface area contributed by atoms with Gasteiger partial charge in [0, 0.05) is 17.0 Å². The van der Waals surface area contributed by atoms with Crippen molar-refractivity contribution in [2.45, 2.75) is 17.7 Å². The van der Waals surface area contributed by atoms with Gasteiger partial charge < -0.3 is 10.1 Å². The smallest absolute Gasteiger partial charge is 0.258 e. The number of carbonyl (C=O) groups excluding carboxylic acids is 1. The number of para-hydroxylation sites is 1. The number of carbonyl (C=O) groups is 1. The molecule has 6 heteroatoms. The largest absolute Gasteiger partial charge is 0.497 e. The quantitative estimate of drug-likeness (QED) is 0.316. The van der Waals surface area contributed by atoms with Crippen molar-refractivity contribution in [3.8, 4) is 22.9 Å². The third kappa shape index (κ3) is 5.11. The van der Waals surface area contributed by atoms with Crippen molar-refractivity contribution in [3.63, 3.8) is 0 Å². The Hall–Kier alpha value is -4.08. The van der Waals surface area contributed by atoms with E-state index < -0.39 is 0 Å². The van der Waals surface area contributed by atoms with Crippen LogP contribution >= 0.6 is 11.8 Å². The van der Waals surface area contributed by atoms with Crippen LogP contribution in [0.1, 0.15) is 27.2 Å². The normalized spacial score (nSPS) is 10.4. The molecule has 0 saturated carbocycles. The topological polar surface area (TPSA) is 75.0 Å². The number of nitrogens with one attached hydrogen (secondary N) is 1. The minimum absolute atomic E-state index is 0.307. The van der Waals surface area contributed by atoms with Crippen LogP contribution in [0.3, 0.4) is 0 Å². The molecule has 1 amide bonds. The van der Waals surface area contributed by atoms with Crippen LogP contribution in [0.4, 0.5) is 5.69 Å². The zero-order valence-electron chi connectivity index (χ0n) is 18.9. The van der Waals surface area contributed by atoms with Crippen LogP contribution in [0, 0.1) is 18.3 Å². The summed E-state index contributed by atoms with van der Waals surface area (Å²) in [5.41, 5.74) is 4.46. The molecule has 0 fully saturated rings. The molecule has 0 aliphatic carbocycles. The minimum Gasteiger partial charge on any atom is -0.497 e. The summed E-state index contributed by atoms with van der Waals surface area (Å²) >= 11 is 1.49. The second-order valence-corrected chi connectivity index (χ2v) is 8.53. The summed E-state index contributed by atoms with van der Waals surface area (Å²) in [4.78, 5) is 18.1. The Morgan fingerprint density at radius 3 is 2.26 bits per heavy atom. The van der Waals surface area contributed by atoms with E-state index in [-0.39, 0.29) is 5.91 Å². The van der Waals surface area contributed by atoms with Gasteiger partial charge in [-0.2, -0.15) is 5.26 Å². The lowest BCUT2D eigenvalue weighted by Gasteiger charge is -2.17. The lowest BCUT2D eigenvalue weighted by Crippen LogP contribution is -2.17. The van der Waals surface area contributed by atoms with Gasteiger partial charge >= 0.3 is 0 Å². The van der Waals surface area contributed by atoms with Crippen LogP contribution in [-0.2, 0) is 5.75 Å². The van der Waals surface area contributed by atoms with Gasteiger partial charge in [0.2, 0.25) is 0 Å². The highest BCUT2D eigenvalue weighted by Gasteiger charge is 2.24. The van der Waals surface area contributed by atoms with Gasteiger partial charge in [-0.05, 0) is 42.3 Å². The van der Waals surface area contributed by atoms with E-state index in [1.165, 1.54) is 11.8 Å². The number of amides is 1. The standard InChI is InChI=1S/C28H23N3O2S/c1-19-25(27(32)31-22-11-7-4-8-12-22)26(21-13-15-23(33-2)16-14-21)24(17-29)28(30-19)34-18-20-9-5-3-6-10-20/h3-16H,18H2,1-2H3,(H,31,32). The molecule has 4 rings (SSSR count). The zero-order valence-corrected chi connectivity index (χ0v) is 19.7. The Balaban J connectivity index is 1.82. The van der Waals surface area contributed by atoms with Gasteiger partial charge in [0.15, 0.2) is 0 Å². The number of rotatable bonds is 7. The molecule has 1 heterocycles. The van der Waals surface area contributed by atoms with Crippen molar-refractivity contribution < 1.29 is 9.53 Å². The Bertz CT molecular complexity index is 1330. The van der Waals surface area contributed by atoms with Gasteiger partial charge in [0.1, 0.15) is 16.8 Å². The van der Waals surface area contributed by atoms with E-state index >= 15 is 0 Å². The molecule has 0 radical (unpaired) electrons. The third-order valence-corrected chi connectivity index (χ3v) is 6.36. The Kier molecular flexibility index (Phi) is 7.26. The van der Waals surface area contributed by atoms with Gasteiger partial charge in [-0.25, -0.2) is 4.98 Å². The molecular weight excluding hydrogens is 442 g/mol. The predicted molar refractivity (Wildman–Crippen MR) is 136 cm³/mol. The number of nitrogens with zero attached hydrogens (tertiary/aromatic N) is 2.